The Morgan fingerprint density at radius 3 is 3.00 bits per heavy atom. The molecule has 0 spiro atoms. The van der Waals surface area contributed by atoms with Gasteiger partial charge in [-0.3, -0.25) is 4.79 Å². The number of imidazole rings is 1. The van der Waals surface area contributed by atoms with Gasteiger partial charge in [-0.1, -0.05) is 0 Å². The Labute approximate surface area is 109 Å². The number of thiazole rings is 1. The van der Waals surface area contributed by atoms with Gasteiger partial charge in [0.15, 0.2) is 0 Å². The molecule has 3 N–H and O–H groups in total. The van der Waals surface area contributed by atoms with Crippen molar-refractivity contribution in [2.45, 2.75) is 19.5 Å². The number of nitrogens with zero attached hydrogens (tertiary/aromatic N) is 3. The minimum Gasteiger partial charge on any atom is -0.347 e. The van der Waals surface area contributed by atoms with Crippen LogP contribution in [-0.2, 0) is 6.54 Å². The van der Waals surface area contributed by atoms with Gasteiger partial charge in [-0.2, -0.15) is 0 Å². The molecule has 1 amide bonds. The van der Waals surface area contributed by atoms with Gasteiger partial charge < -0.3 is 15.6 Å². The van der Waals surface area contributed by atoms with E-state index in [1.54, 1.807) is 29.7 Å². The van der Waals surface area contributed by atoms with Crippen molar-refractivity contribution in [2.24, 2.45) is 5.73 Å². The van der Waals surface area contributed by atoms with Crippen LogP contribution in [0.25, 0.3) is 0 Å². The Morgan fingerprint density at radius 2 is 2.44 bits per heavy atom. The third-order valence-electron chi connectivity index (χ3n) is 2.42. The van der Waals surface area contributed by atoms with Gasteiger partial charge in [-0.25, -0.2) is 9.97 Å². The van der Waals surface area contributed by atoms with E-state index in [4.69, 9.17) is 5.73 Å². The summed E-state index contributed by atoms with van der Waals surface area (Å²) in [6.07, 6.45) is 3.38. The van der Waals surface area contributed by atoms with Gasteiger partial charge in [-0.05, 0) is 6.92 Å². The molecular weight excluding hydrogens is 250 g/mol. The monoisotopic (exact) mass is 265 g/mol. The molecule has 6 nitrogen and oxygen atoms in total. The van der Waals surface area contributed by atoms with Crippen LogP contribution in [0.15, 0.2) is 17.8 Å². The van der Waals surface area contributed by atoms with E-state index in [9.17, 15) is 4.79 Å². The summed E-state index contributed by atoms with van der Waals surface area (Å²) in [5.41, 5.74) is 6.15. The topological polar surface area (TPSA) is 87.9 Å². The highest BCUT2D eigenvalue weighted by Crippen LogP contribution is 2.17. The van der Waals surface area contributed by atoms with Crippen molar-refractivity contribution >= 4 is 17.2 Å². The molecule has 18 heavy (non-hydrogen) atoms. The van der Waals surface area contributed by atoms with Crippen molar-refractivity contribution < 1.29 is 4.79 Å². The molecule has 0 bridgehead atoms. The summed E-state index contributed by atoms with van der Waals surface area (Å²) in [5.74, 6) is 0.614. The zero-order valence-corrected chi connectivity index (χ0v) is 11.1. The zero-order valence-electron chi connectivity index (χ0n) is 10.3. The standard InChI is InChI=1S/C11H15N5OS/c1-7(12)10-15-8(6-18-10)11(17)16(2)5-9-13-3-4-14-9/h3-4,6-7H,5,12H2,1-2H3,(H,13,14). The molecule has 2 heterocycles. The highest BCUT2D eigenvalue weighted by molar-refractivity contribution is 7.09. The molecule has 1 atom stereocenters. The summed E-state index contributed by atoms with van der Waals surface area (Å²) in [6, 6.07) is -0.146. The Kier molecular flexibility index (Phi) is 3.73. The van der Waals surface area contributed by atoms with E-state index in [0.29, 0.717) is 12.2 Å². The maximum Gasteiger partial charge on any atom is 0.273 e. The molecule has 0 aliphatic rings. The number of aromatic amines is 1. The SMILES string of the molecule is CC(N)c1nc(C(=O)N(C)Cc2ncc[nH]2)cs1. The van der Waals surface area contributed by atoms with E-state index in [-0.39, 0.29) is 11.9 Å². The Bertz CT molecular complexity index is 519. The number of aromatic nitrogens is 3. The van der Waals surface area contributed by atoms with E-state index in [0.717, 1.165) is 10.8 Å². The predicted octanol–water partition coefficient (Wildman–Crippen LogP) is 1.16. The molecule has 0 aliphatic heterocycles. The first-order valence-electron chi connectivity index (χ1n) is 5.52. The normalized spacial score (nSPS) is 12.4. The first-order chi connectivity index (χ1) is 8.58. The van der Waals surface area contributed by atoms with E-state index in [2.05, 4.69) is 15.0 Å². The first-order valence-corrected chi connectivity index (χ1v) is 6.40. The fourth-order valence-corrected chi connectivity index (χ4v) is 2.22. The lowest BCUT2D eigenvalue weighted by atomic mass is 10.3. The summed E-state index contributed by atoms with van der Waals surface area (Å²) >= 11 is 1.40. The molecule has 2 rings (SSSR count). The smallest absolute Gasteiger partial charge is 0.273 e. The average molecular weight is 265 g/mol. The average Bonchev–Trinajstić information content (AvgIpc) is 2.98. The summed E-state index contributed by atoms with van der Waals surface area (Å²) < 4.78 is 0. The number of nitrogens with two attached hydrogens (primary N) is 1. The second-order valence-electron chi connectivity index (χ2n) is 4.06. The minimum absolute atomic E-state index is 0.130. The van der Waals surface area contributed by atoms with Crippen LogP contribution >= 0.6 is 11.3 Å². The molecule has 0 fully saturated rings. The van der Waals surface area contributed by atoms with E-state index >= 15 is 0 Å². The molecule has 0 saturated carbocycles. The number of carbonyl (C=O) groups is 1. The van der Waals surface area contributed by atoms with Crippen LogP contribution in [0.3, 0.4) is 0 Å². The lowest BCUT2D eigenvalue weighted by Gasteiger charge is -2.13. The van der Waals surface area contributed by atoms with Crippen molar-refractivity contribution in [1.29, 1.82) is 0 Å². The third kappa shape index (κ3) is 2.74. The molecule has 2 aromatic rings. The summed E-state index contributed by atoms with van der Waals surface area (Å²) in [7, 11) is 1.72. The van der Waals surface area contributed by atoms with Crippen LogP contribution in [0.4, 0.5) is 0 Å². The fraction of sp³-hybridized carbons (Fsp3) is 0.364. The van der Waals surface area contributed by atoms with Gasteiger partial charge in [0.25, 0.3) is 5.91 Å². The van der Waals surface area contributed by atoms with Gasteiger partial charge in [0.1, 0.15) is 16.5 Å². The molecular formula is C11H15N5OS. The van der Waals surface area contributed by atoms with Crippen LogP contribution in [0, 0.1) is 0 Å². The van der Waals surface area contributed by atoms with Crippen LogP contribution in [0.1, 0.15) is 34.3 Å². The number of nitrogens with one attached hydrogen (secondary N) is 1. The summed E-state index contributed by atoms with van der Waals surface area (Å²) in [5, 5.41) is 2.50. The molecule has 7 heteroatoms. The predicted molar refractivity (Wildman–Crippen MR) is 69.1 cm³/mol. The second-order valence-corrected chi connectivity index (χ2v) is 4.95. The van der Waals surface area contributed by atoms with Crippen molar-refractivity contribution in [1.82, 2.24) is 19.9 Å². The fourth-order valence-electron chi connectivity index (χ4n) is 1.47. The van der Waals surface area contributed by atoms with Crippen molar-refractivity contribution in [3.63, 3.8) is 0 Å². The van der Waals surface area contributed by atoms with Crippen molar-refractivity contribution in [3.05, 3.63) is 34.3 Å². The molecule has 0 saturated heterocycles. The van der Waals surface area contributed by atoms with Crippen LogP contribution < -0.4 is 5.73 Å². The number of H-pyrrole nitrogens is 1. The van der Waals surface area contributed by atoms with E-state index in [1.165, 1.54) is 11.3 Å². The molecule has 1 unspecified atom stereocenters. The molecule has 0 aromatic carbocycles. The maximum atomic E-state index is 12.1. The number of rotatable bonds is 4. The molecule has 0 radical (unpaired) electrons. The van der Waals surface area contributed by atoms with E-state index < -0.39 is 0 Å². The largest absolute Gasteiger partial charge is 0.347 e. The van der Waals surface area contributed by atoms with Gasteiger partial charge in [-0.15, -0.1) is 11.3 Å². The number of carbonyl (C=O) groups excluding carboxylic acids is 1. The van der Waals surface area contributed by atoms with Crippen LogP contribution in [0.5, 0.6) is 0 Å². The molecule has 2 aromatic heterocycles. The zero-order chi connectivity index (χ0) is 13.1. The number of hydrogen-bond acceptors (Lipinski definition) is 5. The first kappa shape index (κ1) is 12.7. The van der Waals surface area contributed by atoms with Gasteiger partial charge in [0.05, 0.1) is 12.6 Å². The lowest BCUT2D eigenvalue weighted by molar-refractivity contribution is 0.0776. The van der Waals surface area contributed by atoms with Gasteiger partial charge in [0.2, 0.25) is 0 Å². The molecule has 0 aliphatic carbocycles. The van der Waals surface area contributed by atoms with Crippen molar-refractivity contribution in [2.75, 3.05) is 7.05 Å². The Morgan fingerprint density at radius 1 is 1.67 bits per heavy atom. The summed E-state index contributed by atoms with van der Waals surface area (Å²) in [6.45, 7) is 2.27. The molecule has 96 valence electrons. The third-order valence-corrected chi connectivity index (χ3v) is 3.46. The number of amides is 1. The Hall–Kier alpha value is -1.73. The highest BCUT2D eigenvalue weighted by atomic mass is 32.1. The maximum absolute atomic E-state index is 12.1. The van der Waals surface area contributed by atoms with Gasteiger partial charge >= 0.3 is 0 Å². The van der Waals surface area contributed by atoms with E-state index in [1.807, 2.05) is 6.92 Å². The van der Waals surface area contributed by atoms with Crippen LogP contribution in [-0.4, -0.2) is 32.8 Å². The van der Waals surface area contributed by atoms with Crippen molar-refractivity contribution in [3.8, 4) is 0 Å². The highest BCUT2D eigenvalue weighted by Gasteiger charge is 2.17. The van der Waals surface area contributed by atoms with Crippen LogP contribution in [0.2, 0.25) is 0 Å². The number of hydrogen-bond donors (Lipinski definition) is 2. The summed E-state index contributed by atoms with van der Waals surface area (Å²) in [4.78, 5) is 24.9. The minimum atomic E-state index is -0.146. The second kappa shape index (κ2) is 5.28. The Balaban J connectivity index is 2.05. The quantitative estimate of drug-likeness (QED) is 0.868. The van der Waals surface area contributed by atoms with Gasteiger partial charge in [0, 0.05) is 24.8 Å². The lowest BCUT2D eigenvalue weighted by Crippen LogP contribution is -2.27.